The lowest BCUT2D eigenvalue weighted by Crippen LogP contribution is -2.36. The van der Waals surface area contributed by atoms with Gasteiger partial charge in [0.1, 0.15) is 11.5 Å². The van der Waals surface area contributed by atoms with Crippen LogP contribution in [0.5, 0.6) is 0 Å². The molecule has 112 valence electrons. The fraction of sp³-hybridized carbons (Fsp3) is 0.667. The zero-order valence-electron chi connectivity index (χ0n) is 11.9. The van der Waals surface area contributed by atoms with Gasteiger partial charge in [-0.2, -0.15) is 0 Å². The largest absolute Gasteiger partial charge is 0.481 e. The van der Waals surface area contributed by atoms with Crippen molar-refractivity contribution >= 4 is 5.97 Å². The van der Waals surface area contributed by atoms with Gasteiger partial charge in [-0.25, -0.2) is 0 Å². The van der Waals surface area contributed by atoms with Gasteiger partial charge in [0.05, 0.1) is 12.5 Å². The van der Waals surface area contributed by atoms with Crippen LogP contribution in [0.2, 0.25) is 0 Å². The zero-order valence-corrected chi connectivity index (χ0v) is 11.9. The maximum absolute atomic E-state index is 11.4. The van der Waals surface area contributed by atoms with Crippen LogP contribution in [-0.4, -0.2) is 30.8 Å². The van der Waals surface area contributed by atoms with Crippen LogP contribution < -0.4 is 5.32 Å². The van der Waals surface area contributed by atoms with Crippen molar-refractivity contribution in [2.45, 2.75) is 32.7 Å². The molecule has 1 fully saturated rings. The van der Waals surface area contributed by atoms with Gasteiger partial charge in [-0.15, -0.1) is 0 Å². The summed E-state index contributed by atoms with van der Waals surface area (Å²) in [6.45, 7) is 4.44. The third kappa shape index (κ3) is 4.08. The molecule has 5 heteroatoms. The lowest BCUT2D eigenvalue weighted by atomic mass is 9.86. The second-order valence-electron chi connectivity index (χ2n) is 5.25. The van der Waals surface area contributed by atoms with Crippen LogP contribution in [0.1, 0.15) is 31.3 Å². The summed E-state index contributed by atoms with van der Waals surface area (Å²) in [6.07, 6.45) is 2.54. The summed E-state index contributed by atoms with van der Waals surface area (Å²) in [6, 6.07) is 3.90. The number of nitrogens with one attached hydrogen (secondary N) is 1. The predicted molar refractivity (Wildman–Crippen MR) is 74.5 cm³/mol. The minimum atomic E-state index is -0.724. The van der Waals surface area contributed by atoms with E-state index in [1.54, 1.807) is 0 Å². The quantitative estimate of drug-likeness (QED) is 0.800. The monoisotopic (exact) mass is 281 g/mol. The van der Waals surface area contributed by atoms with Crippen molar-refractivity contribution in [3.63, 3.8) is 0 Å². The zero-order chi connectivity index (χ0) is 14.4. The number of carbonyl (C=O) groups is 1. The Morgan fingerprint density at radius 2 is 2.10 bits per heavy atom. The summed E-state index contributed by atoms with van der Waals surface area (Å²) >= 11 is 0. The average Bonchev–Trinajstić information content (AvgIpc) is 2.92. The molecule has 1 aliphatic rings. The van der Waals surface area contributed by atoms with E-state index < -0.39 is 5.97 Å². The van der Waals surface area contributed by atoms with Gasteiger partial charge in [0, 0.05) is 26.2 Å². The molecule has 0 bridgehead atoms. The number of aliphatic carboxylic acids is 1. The summed E-state index contributed by atoms with van der Waals surface area (Å²) in [5.41, 5.74) is 0. The Labute approximate surface area is 119 Å². The Hall–Kier alpha value is -1.33. The Bertz CT molecular complexity index is 423. The first-order chi connectivity index (χ1) is 9.70. The van der Waals surface area contributed by atoms with Gasteiger partial charge in [-0.3, -0.25) is 4.79 Å². The SMILES string of the molecule is CCc1ccc(CNCC(C(=O)O)C2CCOCC2)o1. The van der Waals surface area contributed by atoms with Crippen molar-refractivity contribution in [3.8, 4) is 0 Å². The first-order valence-electron chi connectivity index (χ1n) is 7.29. The fourth-order valence-corrected chi connectivity index (χ4v) is 2.63. The van der Waals surface area contributed by atoms with E-state index in [1.807, 2.05) is 19.1 Å². The Morgan fingerprint density at radius 3 is 2.70 bits per heavy atom. The van der Waals surface area contributed by atoms with E-state index in [1.165, 1.54) is 0 Å². The second-order valence-corrected chi connectivity index (χ2v) is 5.25. The van der Waals surface area contributed by atoms with Crippen molar-refractivity contribution in [2.75, 3.05) is 19.8 Å². The van der Waals surface area contributed by atoms with Gasteiger partial charge < -0.3 is 19.6 Å². The van der Waals surface area contributed by atoms with Crippen LogP contribution in [-0.2, 0) is 22.5 Å². The molecule has 0 aromatic carbocycles. The van der Waals surface area contributed by atoms with Crippen molar-refractivity contribution in [1.29, 1.82) is 0 Å². The molecule has 1 atom stereocenters. The third-order valence-corrected chi connectivity index (χ3v) is 3.88. The topological polar surface area (TPSA) is 71.7 Å². The van der Waals surface area contributed by atoms with E-state index in [4.69, 9.17) is 9.15 Å². The summed E-state index contributed by atoms with van der Waals surface area (Å²) in [5, 5.41) is 12.6. The van der Waals surface area contributed by atoms with Crippen LogP contribution in [0.25, 0.3) is 0 Å². The molecule has 2 rings (SSSR count). The number of ether oxygens (including phenoxy) is 1. The highest BCUT2D eigenvalue weighted by Crippen LogP contribution is 2.23. The van der Waals surface area contributed by atoms with Gasteiger partial charge in [0.25, 0.3) is 0 Å². The van der Waals surface area contributed by atoms with Crippen LogP contribution in [0.4, 0.5) is 0 Å². The Balaban J connectivity index is 1.81. The highest BCUT2D eigenvalue weighted by atomic mass is 16.5. The normalized spacial score (nSPS) is 18.1. The van der Waals surface area contributed by atoms with Gasteiger partial charge >= 0.3 is 5.97 Å². The second kappa shape index (κ2) is 7.45. The number of hydrogen-bond acceptors (Lipinski definition) is 4. The maximum Gasteiger partial charge on any atom is 0.308 e. The summed E-state index contributed by atoms with van der Waals surface area (Å²) in [4.78, 5) is 11.4. The number of rotatable bonds is 7. The smallest absolute Gasteiger partial charge is 0.308 e. The molecule has 20 heavy (non-hydrogen) atoms. The Kier molecular flexibility index (Phi) is 5.61. The average molecular weight is 281 g/mol. The molecule has 0 saturated carbocycles. The van der Waals surface area contributed by atoms with E-state index in [2.05, 4.69) is 5.32 Å². The van der Waals surface area contributed by atoms with Crippen molar-refractivity contribution in [3.05, 3.63) is 23.7 Å². The molecule has 1 aliphatic heterocycles. The molecule has 1 aromatic rings. The van der Waals surface area contributed by atoms with Crippen LogP contribution >= 0.6 is 0 Å². The van der Waals surface area contributed by atoms with Crippen LogP contribution in [0.15, 0.2) is 16.5 Å². The lowest BCUT2D eigenvalue weighted by molar-refractivity contribution is -0.144. The number of carboxylic acid groups (broad SMARTS) is 1. The minimum Gasteiger partial charge on any atom is -0.481 e. The van der Waals surface area contributed by atoms with Gasteiger partial charge in [-0.1, -0.05) is 6.92 Å². The van der Waals surface area contributed by atoms with E-state index >= 15 is 0 Å². The fourth-order valence-electron chi connectivity index (χ4n) is 2.63. The molecule has 0 radical (unpaired) electrons. The van der Waals surface area contributed by atoms with E-state index in [-0.39, 0.29) is 11.8 Å². The molecular weight excluding hydrogens is 258 g/mol. The molecule has 0 amide bonds. The van der Waals surface area contributed by atoms with Crippen molar-refractivity contribution in [2.24, 2.45) is 11.8 Å². The molecule has 2 N–H and O–H groups in total. The van der Waals surface area contributed by atoms with Gasteiger partial charge in [0.15, 0.2) is 0 Å². The molecule has 1 aromatic heterocycles. The molecule has 0 spiro atoms. The van der Waals surface area contributed by atoms with Gasteiger partial charge in [0.2, 0.25) is 0 Å². The van der Waals surface area contributed by atoms with E-state index in [0.29, 0.717) is 26.3 Å². The Morgan fingerprint density at radius 1 is 1.40 bits per heavy atom. The number of furan rings is 1. The van der Waals surface area contributed by atoms with Crippen molar-refractivity contribution < 1.29 is 19.1 Å². The molecule has 2 heterocycles. The molecular formula is C15H23NO4. The van der Waals surface area contributed by atoms with E-state index in [0.717, 1.165) is 30.8 Å². The highest BCUT2D eigenvalue weighted by molar-refractivity contribution is 5.70. The van der Waals surface area contributed by atoms with Crippen LogP contribution in [0.3, 0.4) is 0 Å². The first-order valence-corrected chi connectivity index (χ1v) is 7.29. The van der Waals surface area contributed by atoms with Crippen molar-refractivity contribution in [1.82, 2.24) is 5.32 Å². The van der Waals surface area contributed by atoms with E-state index in [9.17, 15) is 9.90 Å². The molecule has 5 nitrogen and oxygen atoms in total. The number of hydrogen-bond donors (Lipinski definition) is 2. The summed E-state index contributed by atoms with van der Waals surface area (Å²) in [7, 11) is 0. The number of aryl methyl sites for hydroxylation is 1. The summed E-state index contributed by atoms with van der Waals surface area (Å²) in [5.74, 6) is 0.952. The van der Waals surface area contributed by atoms with Crippen LogP contribution in [0, 0.1) is 11.8 Å². The predicted octanol–water partition coefficient (Wildman–Crippen LogP) is 2.06. The first kappa shape index (κ1) is 15.1. The molecule has 1 saturated heterocycles. The lowest BCUT2D eigenvalue weighted by Gasteiger charge is -2.27. The minimum absolute atomic E-state index is 0.205. The highest BCUT2D eigenvalue weighted by Gasteiger charge is 2.29. The van der Waals surface area contributed by atoms with Gasteiger partial charge in [-0.05, 0) is 30.9 Å². The number of carboxylic acids is 1. The molecule has 0 aliphatic carbocycles. The third-order valence-electron chi connectivity index (χ3n) is 3.88. The molecule has 1 unspecified atom stereocenters. The summed E-state index contributed by atoms with van der Waals surface area (Å²) < 4.78 is 10.9. The standard InChI is InChI=1S/C15H23NO4/c1-2-12-3-4-13(20-12)9-16-10-14(15(17)18)11-5-7-19-8-6-11/h3-4,11,14,16H,2,5-10H2,1H3,(H,17,18). The maximum atomic E-state index is 11.4.